The number of para-hydroxylation sites is 1. The summed E-state index contributed by atoms with van der Waals surface area (Å²) in [4.78, 5) is 29.8. The molecule has 0 saturated heterocycles. The van der Waals surface area contributed by atoms with E-state index >= 15 is 0 Å². The van der Waals surface area contributed by atoms with Gasteiger partial charge in [-0.15, -0.1) is 11.3 Å². The van der Waals surface area contributed by atoms with Gasteiger partial charge in [0.25, 0.3) is 5.91 Å². The Balaban J connectivity index is 1.19. The number of fused-ring (bicyclic) bond motifs is 2. The van der Waals surface area contributed by atoms with Crippen LogP contribution in [-0.2, 0) is 36.8 Å². The Morgan fingerprint density at radius 3 is 2.28 bits per heavy atom. The van der Waals surface area contributed by atoms with Crippen molar-refractivity contribution < 1.29 is 13.8 Å². The van der Waals surface area contributed by atoms with E-state index in [1.807, 2.05) is 107 Å². The molecule has 3 amide bonds. The van der Waals surface area contributed by atoms with Crippen LogP contribution < -0.4 is 14.9 Å². The average molecular weight is 606 g/mol. The number of carbonyl (C=O) groups excluding carboxylic acids is 2. The first kappa shape index (κ1) is 28.6. The number of thiophene rings is 1. The molecule has 6 rings (SSSR count). The maximum atomic E-state index is 13.8. The van der Waals surface area contributed by atoms with Gasteiger partial charge in [-0.1, -0.05) is 84.9 Å². The van der Waals surface area contributed by atoms with E-state index in [0.29, 0.717) is 18.0 Å². The third-order valence-electron chi connectivity index (χ3n) is 7.55. The Hall–Kier alpha value is -4.53. The molecule has 0 fully saturated rings. The zero-order valence-electron chi connectivity index (χ0n) is 23.5. The van der Waals surface area contributed by atoms with Crippen molar-refractivity contribution in [3.8, 4) is 11.1 Å². The quantitative estimate of drug-likeness (QED) is 0.201. The van der Waals surface area contributed by atoms with Crippen LogP contribution in [0.5, 0.6) is 0 Å². The molecule has 0 aliphatic carbocycles. The molecule has 4 aromatic carbocycles. The van der Waals surface area contributed by atoms with Crippen LogP contribution in [0, 0.1) is 0 Å². The van der Waals surface area contributed by atoms with Gasteiger partial charge in [0.15, 0.2) is 11.0 Å². The van der Waals surface area contributed by atoms with E-state index in [2.05, 4.69) is 16.1 Å². The summed E-state index contributed by atoms with van der Waals surface area (Å²) in [5, 5.41) is 4.79. The third-order valence-corrected chi connectivity index (χ3v) is 9.62. The van der Waals surface area contributed by atoms with E-state index in [9.17, 15) is 13.8 Å². The van der Waals surface area contributed by atoms with Crippen molar-refractivity contribution in [1.82, 2.24) is 10.0 Å². The van der Waals surface area contributed by atoms with Gasteiger partial charge in [0.2, 0.25) is 0 Å². The van der Waals surface area contributed by atoms with Crippen LogP contribution in [0.1, 0.15) is 31.9 Å². The van der Waals surface area contributed by atoms with Gasteiger partial charge in [-0.25, -0.2) is 9.00 Å². The summed E-state index contributed by atoms with van der Waals surface area (Å²) in [6, 6.07) is 34.8. The summed E-state index contributed by atoms with van der Waals surface area (Å²) in [5.74, 6) is -0.00712. The molecule has 8 heteroatoms. The molecule has 0 spiro atoms. The van der Waals surface area contributed by atoms with Crippen LogP contribution in [0.2, 0.25) is 0 Å². The smallest absolute Gasteiger partial charge is 0.326 e. The maximum absolute atomic E-state index is 13.8. The molecule has 1 atom stereocenters. The van der Waals surface area contributed by atoms with Crippen molar-refractivity contribution in [1.29, 1.82) is 0 Å². The Labute approximate surface area is 258 Å². The first-order chi connectivity index (χ1) is 21.1. The van der Waals surface area contributed by atoms with Gasteiger partial charge < -0.3 is 10.2 Å². The number of rotatable bonds is 8. The fraction of sp³-hybridized carbons (Fsp3) is 0.143. The van der Waals surface area contributed by atoms with Gasteiger partial charge in [0.05, 0.1) is 11.4 Å². The molecule has 43 heavy (non-hydrogen) atoms. The maximum Gasteiger partial charge on any atom is 0.326 e. The molecule has 216 valence electrons. The number of hydrogen-bond acceptors (Lipinski definition) is 4. The lowest BCUT2D eigenvalue weighted by Gasteiger charge is -2.28. The van der Waals surface area contributed by atoms with Crippen LogP contribution in [0.4, 0.5) is 10.5 Å². The second-order valence-corrected chi connectivity index (χ2v) is 12.5. The minimum absolute atomic E-state index is 0.00712. The van der Waals surface area contributed by atoms with Gasteiger partial charge in [-0.05, 0) is 76.7 Å². The van der Waals surface area contributed by atoms with Crippen molar-refractivity contribution in [3.63, 3.8) is 0 Å². The van der Waals surface area contributed by atoms with E-state index in [4.69, 9.17) is 0 Å². The summed E-state index contributed by atoms with van der Waals surface area (Å²) < 4.78 is 15.7. The van der Waals surface area contributed by atoms with E-state index in [-0.39, 0.29) is 5.91 Å². The Morgan fingerprint density at radius 1 is 0.791 bits per heavy atom. The standard InChI is InChI=1S/C35H31N3O3S2/c39-34-31-12-3-1-8-26(31)19-20-28-9-2-5-13-32(28)38(34)24-25-15-17-27(18-16-25)30-11-4-6-14-33(30)43(41)37-35(40)36-22-21-29-10-7-23-42-29/h1-18,23H,19-22,24H2,(H2,36,37,40). The fourth-order valence-corrected chi connectivity index (χ4v) is 7.03. The highest BCUT2D eigenvalue weighted by atomic mass is 32.2. The fourth-order valence-electron chi connectivity index (χ4n) is 5.38. The molecule has 1 aliphatic heterocycles. The van der Waals surface area contributed by atoms with Crippen LogP contribution in [0.3, 0.4) is 0 Å². The lowest BCUT2D eigenvalue weighted by atomic mass is 9.94. The monoisotopic (exact) mass is 605 g/mol. The van der Waals surface area contributed by atoms with Gasteiger partial charge in [0.1, 0.15) is 0 Å². The summed E-state index contributed by atoms with van der Waals surface area (Å²) in [7, 11) is -1.74. The average Bonchev–Trinajstić information content (AvgIpc) is 3.56. The molecule has 5 aromatic rings. The summed E-state index contributed by atoms with van der Waals surface area (Å²) in [5.41, 5.74) is 6.52. The zero-order chi connectivity index (χ0) is 29.6. The molecule has 6 nitrogen and oxygen atoms in total. The lowest BCUT2D eigenvalue weighted by Crippen LogP contribution is -2.37. The molecule has 2 heterocycles. The first-order valence-corrected chi connectivity index (χ1v) is 16.2. The van der Waals surface area contributed by atoms with Crippen LogP contribution in [0.15, 0.2) is 119 Å². The highest BCUT2D eigenvalue weighted by Gasteiger charge is 2.25. The molecule has 1 unspecified atom stereocenters. The molecule has 1 aromatic heterocycles. The number of benzene rings is 4. The molecular weight excluding hydrogens is 575 g/mol. The Morgan fingerprint density at radius 2 is 1.49 bits per heavy atom. The van der Waals surface area contributed by atoms with E-state index in [0.717, 1.165) is 58.3 Å². The number of anilines is 1. The highest BCUT2D eigenvalue weighted by molar-refractivity contribution is 7.83. The minimum Gasteiger partial charge on any atom is -0.337 e. The normalized spacial score (nSPS) is 13.3. The predicted molar refractivity (Wildman–Crippen MR) is 174 cm³/mol. The number of aryl methyl sites for hydroxylation is 2. The van der Waals surface area contributed by atoms with E-state index in [1.54, 1.807) is 17.4 Å². The number of nitrogens with zero attached hydrogens (tertiary/aromatic N) is 1. The predicted octanol–water partition coefficient (Wildman–Crippen LogP) is 6.93. The molecule has 0 bridgehead atoms. The van der Waals surface area contributed by atoms with E-state index < -0.39 is 17.0 Å². The van der Waals surface area contributed by atoms with Crippen LogP contribution in [0.25, 0.3) is 11.1 Å². The molecule has 0 saturated carbocycles. The molecular formula is C35H31N3O3S2. The van der Waals surface area contributed by atoms with Crippen molar-refractivity contribution in [2.24, 2.45) is 0 Å². The largest absolute Gasteiger partial charge is 0.337 e. The number of amides is 3. The Kier molecular flexibility index (Phi) is 8.77. The summed E-state index contributed by atoms with van der Waals surface area (Å²) >= 11 is 1.64. The molecule has 2 N–H and O–H groups in total. The molecule has 1 aliphatic rings. The van der Waals surface area contributed by atoms with Crippen molar-refractivity contribution in [2.45, 2.75) is 30.7 Å². The zero-order valence-corrected chi connectivity index (χ0v) is 25.1. The second-order valence-electron chi connectivity index (χ2n) is 10.3. The van der Waals surface area contributed by atoms with Crippen LogP contribution >= 0.6 is 11.3 Å². The summed E-state index contributed by atoms with van der Waals surface area (Å²) in [6.45, 7) is 0.882. The van der Waals surface area contributed by atoms with Gasteiger partial charge in [-0.3, -0.25) is 9.52 Å². The van der Waals surface area contributed by atoms with Crippen molar-refractivity contribution in [3.05, 3.63) is 142 Å². The van der Waals surface area contributed by atoms with Gasteiger partial charge in [-0.2, -0.15) is 0 Å². The number of nitrogens with one attached hydrogen (secondary N) is 2. The van der Waals surface area contributed by atoms with E-state index in [1.165, 1.54) is 4.88 Å². The first-order valence-electron chi connectivity index (χ1n) is 14.2. The Bertz CT molecular complexity index is 1770. The number of carbonyl (C=O) groups is 2. The SMILES string of the molecule is O=C(NCCc1cccs1)NS(=O)c1ccccc1-c1ccc(CN2C(=O)c3ccccc3CCc3ccccc32)cc1. The van der Waals surface area contributed by atoms with Gasteiger partial charge >= 0.3 is 6.03 Å². The van der Waals surface area contributed by atoms with Crippen LogP contribution in [-0.4, -0.2) is 22.7 Å². The van der Waals surface area contributed by atoms with Crippen molar-refractivity contribution >= 4 is 39.9 Å². The lowest BCUT2D eigenvalue weighted by molar-refractivity contribution is 0.0983. The highest BCUT2D eigenvalue weighted by Crippen LogP contribution is 2.31. The number of hydrogen-bond donors (Lipinski definition) is 2. The summed E-state index contributed by atoms with van der Waals surface area (Å²) in [6.07, 6.45) is 2.42. The number of urea groups is 1. The van der Waals surface area contributed by atoms with Gasteiger partial charge in [0, 0.05) is 22.7 Å². The van der Waals surface area contributed by atoms with Crippen molar-refractivity contribution in [2.75, 3.05) is 11.4 Å². The molecule has 0 radical (unpaired) electrons. The topological polar surface area (TPSA) is 78.5 Å². The third kappa shape index (κ3) is 6.61. The second kappa shape index (κ2) is 13.2. The minimum atomic E-state index is -1.74.